The fourth-order valence-electron chi connectivity index (χ4n) is 2.90. The van der Waals surface area contributed by atoms with Crippen LogP contribution >= 0.6 is 0 Å². The van der Waals surface area contributed by atoms with E-state index in [4.69, 9.17) is 14.2 Å². The predicted octanol–water partition coefficient (Wildman–Crippen LogP) is 5.02. The van der Waals surface area contributed by atoms with E-state index >= 15 is 0 Å². The molecule has 0 radical (unpaired) electrons. The van der Waals surface area contributed by atoms with Gasteiger partial charge in [0.25, 0.3) is 0 Å². The molecule has 0 saturated heterocycles. The van der Waals surface area contributed by atoms with E-state index in [1.54, 1.807) is 14.2 Å². The molecule has 0 fully saturated rings. The molecule has 0 saturated carbocycles. The summed E-state index contributed by atoms with van der Waals surface area (Å²) >= 11 is 0. The van der Waals surface area contributed by atoms with Gasteiger partial charge in [0.15, 0.2) is 0 Å². The summed E-state index contributed by atoms with van der Waals surface area (Å²) in [4.78, 5) is 0. The predicted molar refractivity (Wildman–Crippen MR) is 102 cm³/mol. The minimum Gasteiger partial charge on any atom is -0.497 e. The van der Waals surface area contributed by atoms with Gasteiger partial charge in [0.1, 0.15) is 11.6 Å². The van der Waals surface area contributed by atoms with Gasteiger partial charge in [-0.1, -0.05) is 24.3 Å². The lowest BCUT2D eigenvalue weighted by molar-refractivity contribution is -0.0402. The Balaban J connectivity index is 1.88. The molecule has 0 heterocycles. The van der Waals surface area contributed by atoms with Crippen molar-refractivity contribution in [2.24, 2.45) is 5.92 Å². The van der Waals surface area contributed by atoms with E-state index in [2.05, 4.69) is 13.8 Å². The highest BCUT2D eigenvalue weighted by Gasteiger charge is 2.29. The zero-order valence-electron chi connectivity index (χ0n) is 16.1. The van der Waals surface area contributed by atoms with Crippen molar-refractivity contribution < 1.29 is 18.6 Å². The summed E-state index contributed by atoms with van der Waals surface area (Å²) < 4.78 is 29.8. The molecule has 142 valence electrons. The average Bonchev–Trinajstić information content (AvgIpc) is 2.66. The minimum atomic E-state index is -0.280. The Bertz CT molecular complexity index is 650. The highest BCUT2D eigenvalue weighted by molar-refractivity contribution is 5.26. The first-order valence-corrected chi connectivity index (χ1v) is 8.95. The molecule has 0 spiro atoms. The second-order valence-electron chi connectivity index (χ2n) is 7.02. The van der Waals surface area contributed by atoms with Crippen LogP contribution in [0.2, 0.25) is 0 Å². The summed E-state index contributed by atoms with van der Waals surface area (Å²) in [5, 5.41) is 0. The van der Waals surface area contributed by atoms with Gasteiger partial charge in [-0.05, 0) is 68.0 Å². The van der Waals surface area contributed by atoms with Crippen LogP contribution < -0.4 is 4.74 Å². The molecule has 1 atom stereocenters. The Hall–Kier alpha value is -1.91. The van der Waals surface area contributed by atoms with Gasteiger partial charge in [-0.25, -0.2) is 4.39 Å². The SMILES string of the molecule is COc1ccc(COCC[C@H](Cc2ccc(F)cc2)C(C)(C)OC)cc1. The molecule has 0 aliphatic rings. The third kappa shape index (κ3) is 6.11. The number of hydrogen-bond acceptors (Lipinski definition) is 3. The smallest absolute Gasteiger partial charge is 0.123 e. The fraction of sp³-hybridized carbons (Fsp3) is 0.455. The summed E-state index contributed by atoms with van der Waals surface area (Å²) in [5.41, 5.74) is 1.95. The van der Waals surface area contributed by atoms with E-state index in [0.717, 1.165) is 29.7 Å². The van der Waals surface area contributed by atoms with Crippen LogP contribution in [0.4, 0.5) is 4.39 Å². The highest BCUT2D eigenvalue weighted by Crippen LogP contribution is 2.28. The highest BCUT2D eigenvalue weighted by atomic mass is 19.1. The molecule has 0 unspecified atom stereocenters. The molecular formula is C22H29FO3. The first-order valence-electron chi connectivity index (χ1n) is 8.95. The molecule has 4 heteroatoms. The molecule has 0 N–H and O–H groups in total. The van der Waals surface area contributed by atoms with Gasteiger partial charge in [-0.2, -0.15) is 0 Å². The van der Waals surface area contributed by atoms with Gasteiger partial charge >= 0.3 is 0 Å². The third-order valence-corrected chi connectivity index (χ3v) is 4.94. The first kappa shape index (κ1) is 20.4. The van der Waals surface area contributed by atoms with Crippen molar-refractivity contribution in [3.63, 3.8) is 0 Å². The normalized spacial score (nSPS) is 12.8. The molecule has 0 bridgehead atoms. The van der Waals surface area contributed by atoms with E-state index in [1.165, 1.54) is 12.1 Å². The molecule has 2 rings (SSSR count). The molecule has 26 heavy (non-hydrogen) atoms. The molecule has 0 amide bonds. The van der Waals surface area contributed by atoms with Crippen LogP contribution in [0.3, 0.4) is 0 Å². The molecular weight excluding hydrogens is 331 g/mol. The summed E-state index contributed by atoms with van der Waals surface area (Å²) in [7, 11) is 3.39. The lowest BCUT2D eigenvalue weighted by Crippen LogP contribution is -2.35. The van der Waals surface area contributed by atoms with Crippen LogP contribution in [-0.2, 0) is 22.5 Å². The standard InChI is InChI=1S/C22H29FO3/c1-22(2,25-4)19(15-17-5-9-20(23)10-6-17)13-14-26-16-18-7-11-21(24-3)12-8-18/h5-12,19H,13-16H2,1-4H3/t19-/m1/s1. The van der Waals surface area contributed by atoms with E-state index < -0.39 is 0 Å². The van der Waals surface area contributed by atoms with Crippen molar-refractivity contribution in [1.29, 1.82) is 0 Å². The van der Waals surface area contributed by atoms with Crippen LogP contribution in [0.15, 0.2) is 48.5 Å². The van der Waals surface area contributed by atoms with Gasteiger partial charge in [0.2, 0.25) is 0 Å². The number of benzene rings is 2. The number of ether oxygens (including phenoxy) is 3. The Labute approximate surface area is 156 Å². The van der Waals surface area contributed by atoms with Crippen LogP contribution in [-0.4, -0.2) is 26.4 Å². The summed E-state index contributed by atoms with van der Waals surface area (Å²) in [5.74, 6) is 0.905. The number of halogens is 1. The zero-order valence-corrected chi connectivity index (χ0v) is 16.1. The average molecular weight is 360 g/mol. The maximum absolute atomic E-state index is 13.1. The van der Waals surface area contributed by atoms with Gasteiger partial charge < -0.3 is 14.2 Å². The van der Waals surface area contributed by atoms with Crippen molar-refractivity contribution in [2.75, 3.05) is 20.8 Å². The third-order valence-electron chi connectivity index (χ3n) is 4.94. The van der Waals surface area contributed by atoms with Crippen molar-refractivity contribution in [3.05, 3.63) is 65.5 Å². The molecule has 0 aliphatic heterocycles. The van der Waals surface area contributed by atoms with Crippen molar-refractivity contribution in [2.45, 2.75) is 38.9 Å². The van der Waals surface area contributed by atoms with Gasteiger partial charge in [0, 0.05) is 13.7 Å². The second-order valence-corrected chi connectivity index (χ2v) is 7.02. The number of methoxy groups -OCH3 is 2. The largest absolute Gasteiger partial charge is 0.497 e. The number of rotatable bonds is 10. The van der Waals surface area contributed by atoms with Crippen LogP contribution in [0.5, 0.6) is 5.75 Å². The number of hydrogen-bond donors (Lipinski definition) is 0. The monoisotopic (exact) mass is 360 g/mol. The minimum absolute atomic E-state index is 0.209. The zero-order chi connectivity index (χ0) is 19.0. The second kappa shape index (κ2) is 9.70. The van der Waals surface area contributed by atoms with Crippen LogP contribution in [0.25, 0.3) is 0 Å². The van der Waals surface area contributed by atoms with Gasteiger partial charge in [-0.15, -0.1) is 0 Å². The fourth-order valence-corrected chi connectivity index (χ4v) is 2.90. The molecule has 0 aromatic heterocycles. The molecule has 2 aromatic rings. The van der Waals surface area contributed by atoms with Crippen molar-refractivity contribution in [3.8, 4) is 5.75 Å². The van der Waals surface area contributed by atoms with E-state index in [-0.39, 0.29) is 17.3 Å². The summed E-state index contributed by atoms with van der Waals surface area (Å²) in [6.45, 7) is 5.39. The lowest BCUT2D eigenvalue weighted by atomic mass is 9.83. The topological polar surface area (TPSA) is 27.7 Å². The van der Waals surface area contributed by atoms with Crippen molar-refractivity contribution in [1.82, 2.24) is 0 Å². The van der Waals surface area contributed by atoms with E-state index in [9.17, 15) is 4.39 Å². The maximum Gasteiger partial charge on any atom is 0.123 e. The first-order chi connectivity index (χ1) is 12.4. The van der Waals surface area contributed by atoms with E-state index in [0.29, 0.717) is 13.2 Å². The molecule has 3 nitrogen and oxygen atoms in total. The Kier molecular flexibility index (Phi) is 7.61. The molecule has 2 aromatic carbocycles. The van der Waals surface area contributed by atoms with Crippen LogP contribution in [0, 0.1) is 11.7 Å². The molecule has 0 aliphatic carbocycles. The van der Waals surface area contributed by atoms with Gasteiger partial charge in [0.05, 0.1) is 19.3 Å². The maximum atomic E-state index is 13.1. The quantitative estimate of drug-likeness (QED) is 0.557. The summed E-state index contributed by atoms with van der Waals surface area (Å²) in [6, 6.07) is 14.6. The van der Waals surface area contributed by atoms with Crippen molar-refractivity contribution >= 4 is 0 Å². The summed E-state index contributed by atoms with van der Waals surface area (Å²) in [6.07, 6.45) is 1.70. The van der Waals surface area contributed by atoms with Crippen LogP contribution in [0.1, 0.15) is 31.4 Å². The Morgan fingerprint density at radius 3 is 2.12 bits per heavy atom. The van der Waals surface area contributed by atoms with E-state index in [1.807, 2.05) is 36.4 Å². The van der Waals surface area contributed by atoms with Gasteiger partial charge in [-0.3, -0.25) is 0 Å². The Morgan fingerprint density at radius 1 is 0.923 bits per heavy atom. The lowest BCUT2D eigenvalue weighted by Gasteiger charge is -2.33. The Morgan fingerprint density at radius 2 is 1.54 bits per heavy atom.